The number of methoxy groups -OCH3 is 2. The normalized spacial score (nSPS) is 16.9. The Labute approximate surface area is 186 Å². The molecule has 1 fully saturated rings. The van der Waals surface area contributed by atoms with Gasteiger partial charge in [0.05, 0.1) is 20.8 Å². The van der Waals surface area contributed by atoms with Crippen molar-refractivity contribution in [3.8, 4) is 11.5 Å². The molecule has 3 N–H and O–H groups in total. The number of benzene rings is 1. The second kappa shape index (κ2) is 13.1. The quantitative estimate of drug-likeness (QED) is 0.304. The summed E-state index contributed by atoms with van der Waals surface area (Å²) in [5, 5.41) is 3.25. The molecule has 0 aliphatic carbocycles. The molecule has 2 rings (SSSR count). The Kier molecular flexibility index (Phi) is 11.6. The lowest BCUT2D eigenvalue weighted by atomic mass is 10.1. The number of halogens is 1. The zero-order valence-corrected chi connectivity index (χ0v) is 19.9. The molecule has 1 aliphatic heterocycles. The fraction of sp³-hybridized carbons (Fsp3) is 0.650. The first-order chi connectivity index (χ1) is 13.0. The molecule has 0 aromatic heterocycles. The summed E-state index contributed by atoms with van der Waals surface area (Å²) in [5.41, 5.74) is 7.06. The number of likely N-dealkylation sites (N-methyl/N-ethyl adjacent to an activating group) is 1. The number of ether oxygens (including phenoxy) is 2. The van der Waals surface area contributed by atoms with Gasteiger partial charge in [-0.3, -0.25) is 0 Å². The number of hydrogen-bond donors (Lipinski definition) is 2. The molecule has 7 nitrogen and oxygen atoms in total. The smallest absolute Gasteiger partial charge is 0.188 e. The van der Waals surface area contributed by atoms with Crippen LogP contribution in [0.5, 0.6) is 11.5 Å². The Morgan fingerprint density at radius 3 is 2.39 bits per heavy atom. The zero-order valence-electron chi connectivity index (χ0n) is 17.6. The summed E-state index contributed by atoms with van der Waals surface area (Å²) in [7, 11) is 3.26. The molecule has 8 heteroatoms. The lowest BCUT2D eigenvalue weighted by Gasteiger charge is -2.35. The van der Waals surface area contributed by atoms with Gasteiger partial charge in [0.1, 0.15) is 0 Å². The summed E-state index contributed by atoms with van der Waals surface area (Å²) in [4.78, 5) is 9.47. The first-order valence-electron chi connectivity index (χ1n) is 9.75. The van der Waals surface area contributed by atoms with Crippen LogP contribution in [0.2, 0.25) is 0 Å². The zero-order chi connectivity index (χ0) is 19.6. The van der Waals surface area contributed by atoms with E-state index in [4.69, 9.17) is 15.2 Å². The number of aliphatic imine (C=N–C) groups is 1. The fourth-order valence-electron chi connectivity index (χ4n) is 3.28. The largest absolute Gasteiger partial charge is 0.493 e. The summed E-state index contributed by atoms with van der Waals surface area (Å²) in [6.07, 6.45) is 0. The highest BCUT2D eigenvalue weighted by molar-refractivity contribution is 14.0. The molecule has 1 atom stereocenters. The highest BCUT2D eigenvalue weighted by Crippen LogP contribution is 2.27. The van der Waals surface area contributed by atoms with E-state index in [0.29, 0.717) is 29.9 Å². The van der Waals surface area contributed by atoms with E-state index in [9.17, 15) is 0 Å². The molecule has 0 spiro atoms. The van der Waals surface area contributed by atoms with E-state index in [2.05, 4.69) is 34.0 Å². The fourth-order valence-corrected chi connectivity index (χ4v) is 3.28. The molecule has 1 aromatic rings. The first kappa shape index (κ1) is 24.8. The summed E-state index contributed by atoms with van der Waals surface area (Å²) in [6.45, 7) is 12.7. The molecule has 0 radical (unpaired) electrons. The van der Waals surface area contributed by atoms with E-state index in [1.807, 2.05) is 18.2 Å². The van der Waals surface area contributed by atoms with Crippen molar-refractivity contribution in [2.24, 2.45) is 16.6 Å². The lowest BCUT2D eigenvalue weighted by molar-refractivity contribution is 0.124. The maximum Gasteiger partial charge on any atom is 0.188 e. The highest BCUT2D eigenvalue weighted by atomic mass is 127. The third-order valence-corrected chi connectivity index (χ3v) is 4.99. The number of guanidine groups is 1. The van der Waals surface area contributed by atoms with Gasteiger partial charge in [0.2, 0.25) is 0 Å². The summed E-state index contributed by atoms with van der Waals surface area (Å²) in [6, 6.07) is 5.78. The number of nitrogens with two attached hydrogens (primary N) is 1. The highest BCUT2D eigenvalue weighted by Gasteiger charge is 2.17. The van der Waals surface area contributed by atoms with Crippen LogP contribution in [0.4, 0.5) is 0 Å². The summed E-state index contributed by atoms with van der Waals surface area (Å²) >= 11 is 0. The molecule has 0 bridgehead atoms. The van der Waals surface area contributed by atoms with Crippen molar-refractivity contribution < 1.29 is 9.47 Å². The Balaban J connectivity index is 0.00000392. The molecular weight excluding hydrogens is 469 g/mol. The van der Waals surface area contributed by atoms with Gasteiger partial charge in [-0.2, -0.15) is 0 Å². The van der Waals surface area contributed by atoms with Crippen molar-refractivity contribution in [1.29, 1.82) is 0 Å². The second-order valence-electron chi connectivity index (χ2n) is 7.11. The number of nitrogens with one attached hydrogen (secondary N) is 1. The third kappa shape index (κ3) is 8.00. The van der Waals surface area contributed by atoms with Gasteiger partial charge in [-0.15, -0.1) is 24.0 Å². The van der Waals surface area contributed by atoms with E-state index >= 15 is 0 Å². The van der Waals surface area contributed by atoms with Crippen LogP contribution in [-0.2, 0) is 6.54 Å². The molecule has 1 heterocycles. The van der Waals surface area contributed by atoms with Crippen molar-refractivity contribution in [1.82, 2.24) is 15.1 Å². The standard InChI is InChI=1S/C20H35N5O2.HI/c1-5-24-8-10-25(11-9-24)15-16(2)13-22-20(21)23-14-17-6-7-18(26-3)19(12-17)27-4;/h6-7,12,16H,5,8-11,13-15H2,1-4H3,(H3,21,22,23);1H. The van der Waals surface area contributed by atoms with Gasteiger partial charge < -0.3 is 30.3 Å². The number of nitrogens with zero attached hydrogens (tertiary/aromatic N) is 3. The van der Waals surface area contributed by atoms with Gasteiger partial charge >= 0.3 is 0 Å². The minimum Gasteiger partial charge on any atom is -0.493 e. The predicted octanol–water partition coefficient (Wildman–Crippen LogP) is 2.00. The Morgan fingerprint density at radius 1 is 1.14 bits per heavy atom. The minimum atomic E-state index is 0. The Hall–Kier alpha value is -1.26. The molecule has 1 saturated heterocycles. The van der Waals surface area contributed by atoms with Crippen LogP contribution in [-0.4, -0.2) is 75.8 Å². The van der Waals surface area contributed by atoms with Crippen LogP contribution in [0.1, 0.15) is 19.4 Å². The molecule has 160 valence electrons. The maximum atomic E-state index is 6.03. The maximum absolute atomic E-state index is 6.03. The van der Waals surface area contributed by atoms with Gasteiger partial charge in [0.25, 0.3) is 0 Å². The van der Waals surface area contributed by atoms with Crippen LogP contribution >= 0.6 is 24.0 Å². The molecule has 1 unspecified atom stereocenters. The van der Waals surface area contributed by atoms with Gasteiger partial charge in [0, 0.05) is 39.3 Å². The number of hydrogen-bond acceptors (Lipinski definition) is 5. The van der Waals surface area contributed by atoms with E-state index in [1.165, 1.54) is 13.1 Å². The van der Waals surface area contributed by atoms with Crippen LogP contribution in [0, 0.1) is 5.92 Å². The molecule has 0 amide bonds. The van der Waals surface area contributed by atoms with E-state index in [-0.39, 0.29) is 24.0 Å². The van der Waals surface area contributed by atoms with Crippen LogP contribution in [0.15, 0.2) is 23.2 Å². The van der Waals surface area contributed by atoms with Crippen molar-refractivity contribution in [2.45, 2.75) is 20.4 Å². The number of piperazine rings is 1. The first-order valence-corrected chi connectivity index (χ1v) is 9.75. The van der Waals surface area contributed by atoms with Crippen LogP contribution in [0.3, 0.4) is 0 Å². The molecule has 0 saturated carbocycles. The van der Waals surface area contributed by atoms with Gasteiger partial charge in [0.15, 0.2) is 17.5 Å². The molecule has 28 heavy (non-hydrogen) atoms. The topological polar surface area (TPSA) is 75.4 Å². The average molecular weight is 505 g/mol. The van der Waals surface area contributed by atoms with Crippen LogP contribution in [0.25, 0.3) is 0 Å². The van der Waals surface area contributed by atoms with Gasteiger partial charge in [-0.05, 0) is 30.2 Å². The van der Waals surface area contributed by atoms with Crippen molar-refractivity contribution in [3.63, 3.8) is 0 Å². The van der Waals surface area contributed by atoms with Crippen molar-refractivity contribution >= 4 is 29.9 Å². The Morgan fingerprint density at radius 2 is 1.79 bits per heavy atom. The SMILES string of the molecule is CCN1CCN(CC(C)CNC(N)=NCc2ccc(OC)c(OC)c2)CC1.I. The number of rotatable bonds is 9. The van der Waals surface area contributed by atoms with Gasteiger partial charge in [-0.25, -0.2) is 4.99 Å². The molecule has 1 aliphatic rings. The monoisotopic (exact) mass is 505 g/mol. The third-order valence-electron chi connectivity index (χ3n) is 4.99. The van der Waals surface area contributed by atoms with E-state index in [1.54, 1.807) is 14.2 Å². The second-order valence-corrected chi connectivity index (χ2v) is 7.11. The lowest BCUT2D eigenvalue weighted by Crippen LogP contribution is -2.48. The van der Waals surface area contributed by atoms with Crippen molar-refractivity contribution in [2.75, 3.05) is 60.0 Å². The van der Waals surface area contributed by atoms with Gasteiger partial charge in [-0.1, -0.05) is 19.9 Å². The molecule has 1 aromatic carbocycles. The summed E-state index contributed by atoms with van der Waals surface area (Å²) < 4.78 is 10.6. The predicted molar refractivity (Wildman–Crippen MR) is 126 cm³/mol. The van der Waals surface area contributed by atoms with Crippen LogP contribution < -0.4 is 20.5 Å². The van der Waals surface area contributed by atoms with E-state index in [0.717, 1.165) is 38.3 Å². The Bertz CT molecular complexity index is 606. The van der Waals surface area contributed by atoms with E-state index < -0.39 is 0 Å². The summed E-state index contributed by atoms with van der Waals surface area (Å²) in [5.74, 6) is 2.42. The minimum absolute atomic E-state index is 0. The molecular formula is C20H36IN5O2. The van der Waals surface area contributed by atoms with Crippen molar-refractivity contribution in [3.05, 3.63) is 23.8 Å². The average Bonchev–Trinajstić information content (AvgIpc) is 2.71.